The zero-order valence-electron chi connectivity index (χ0n) is 31.8. The minimum absolute atomic E-state index is 0.0218. The fourth-order valence-electron chi connectivity index (χ4n) is 5.01. The maximum absolute atomic E-state index is 12.5. The molecule has 2 N–H and O–H groups in total. The molecular weight excluding hydrogens is 653 g/mol. The van der Waals surface area contributed by atoms with Gasteiger partial charge in [0.15, 0.2) is 6.10 Å². The van der Waals surface area contributed by atoms with Crippen molar-refractivity contribution >= 4 is 19.8 Å². The van der Waals surface area contributed by atoms with Crippen molar-refractivity contribution in [2.75, 3.05) is 33.4 Å². The summed E-state index contributed by atoms with van der Waals surface area (Å²) in [6.07, 6.45) is 38.7. The van der Waals surface area contributed by atoms with Crippen molar-refractivity contribution in [2.24, 2.45) is 0 Å². The number of hydrogen-bond donors (Lipinski definition) is 2. The quantitative estimate of drug-likeness (QED) is 0.0281. The average molecular weight is 726 g/mol. The first-order valence-electron chi connectivity index (χ1n) is 19.6. The number of phosphoric ester groups is 1. The number of carbonyl (C=O) groups is 2. The number of unbranched alkanes of at least 4 members (excludes halogenated alkanes) is 14. The van der Waals surface area contributed by atoms with Crippen LogP contribution < -0.4 is 5.32 Å². The van der Waals surface area contributed by atoms with Gasteiger partial charge < -0.3 is 19.7 Å². The Hall–Kier alpha value is -2.03. The van der Waals surface area contributed by atoms with Gasteiger partial charge in [0.2, 0.25) is 0 Å². The molecule has 2 atom stereocenters. The van der Waals surface area contributed by atoms with Crippen LogP contribution in [0.4, 0.5) is 0 Å². The molecule has 0 saturated carbocycles. The van der Waals surface area contributed by atoms with Crippen LogP contribution in [0.15, 0.2) is 48.6 Å². The molecule has 0 bridgehead atoms. The molecule has 50 heavy (non-hydrogen) atoms. The third-order valence-corrected chi connectivity index (χ3v) is 8.95. The van der Waals surface area contributed by atoms with E-state index in [-0.39, 0.29) is 26.1 Å². The Kier molecular flexibility index (Phi) is 35.3. The molecule has 0 spiro atoms. The average Bonchev–Trinajstić information content (AvgIpc) is 3.09. The summed E-state index contributed by atoms with van der Waals surface area (Å²) < 4.78 is 33.0. The first-order valence-corrected chi connectivity index (χ1v) is 21.1. The van der Waals surface area contributed by atoms with Gasteiger partial charge in [0.25, 0.3) is 0 Å². The van der Waals surface area contributed by atoms with Crippen LogP contribution in [0.3, 0.4) is 0 Å². The molecule has 0 aliphatic rings. The largest absolute Gasteiger partial charge is 0.472 e. The number of phosphoric acid groups is 1. The molecule has 0 amide bonds. The number of allylic oxidation sites excluding steroid dienone is 8. The molecule has 0 heterocycles. The van der Waals surface area contributed by atoms with E-state index in [9.17, 15) is 19.0 Å². The van der Waals surface area contributed by atoms with E-state index < -0.39 is 32.5 Å². The topological polar surface area (TPSA) is 120 Å². The van der Waals surface area contributed by atoms with E-state index in [1.165, 1.54) is 51.4 Å². The van der Waals surface area contributed by atoms with Crippen LogP contribution in [-0.2, 0) is 32.7 Å². The van der Waals surface area contributed by atoms with Gasteiger partial charge in [-0.25, -0.2) is 4.57 Å². The summed E-state index contributed by atoms with van der Waals surface area (Å²) in [5, 5.41) is 2.81. The molecule has 0 fully saturated rings. The third-order valence-electron chi connectivity index (χ3n) is 7.96. The first-order chi connectivity index (χ1) is 24.3. The van der Waals surface area contributed by atoms with Gasteiger partial charge in [-0.05, 0) is 58.4 Å². The van der Waals surface area contributed by atoms with Crippen LogP contribution in [0.2, 0.25) is 0 Å². The summed E-state index contributed by atoms with van der Waals surface area (Å²) in [5.41, 5.74) is 0. The maximum atomic E-state index is 12.5. The van der Waals surface area contributed by atoms with Gasteiger partial charge in [-0.3, -0.25) is 18.6 Å². The Morgan fingerprint density at radius 2 is 1.14 bits per heavy atom. The van der Waals surface area contributed by atoms with Crippen LogP contribution in [0, 0.1) is 0 Å². The van der Waals surface area contributed by atoms with E-state index in [0.29, 0.717) is 19.4 Å². The second-order valence-electron chi connectivity index (χ2n) is 12.7. The van der Waals surface area contributed by atoms with Crippen LogP contribution in [0.1, 0.15) is 155 Å². The number of hydrogen-bond acceptors (Lipinski definition) is 8. The van der Waals surface area contributed by atoms with E-state index in [1.807, 2.05) is 0 Å². The van der Waals surface area contributed by atoms with E-state index in [1.54, 1.807) is 7.05 Å². The summed E-state index contributed by atoms with van der Waals surface area (Å²) >= 11 is 0. The lowest BCUT2D eigenvalue weighted by atomic mass is 10.1. The smallest absolute Gasteiger partial charge is 0.462 e. The lowest BCUT2D eigenvalue weighted by Crippen LogP contribution is -2.29. The lowest BCUT2D eigenvalue weighted by molar-refractivity contribution is -0.161. The van der Waals surface area contributed by atoms with E-state index in [0.717, 1.165) is 64.2 Å². The van der Waals surface area contributed by atoms with Gasteiger partial charge in [0.1, 0.15) is 6.61 Å². The number of likely N-dealkylation sites (N-methyl/N-ethyl adjacent to an activating group) is 1. The van der Waals surface area contributed by atoms with Gasteiger partial charge >= 0.3 is 19.8 Å². The summed E-state index contributed by atoms with van der Waals surface area (Å²) in [6.45, 7) is 4.06. The fourth-order valence-corrected chi connectivity index (χ4v) is 5.76. The predicted molar refractivity (Wildman–Crippen MR) is 206 cm³/mol. The Bertz CT molecular complexity index is 965. The normalized spacial score (nSPS) is 13.9. The van der Waals surface area contributed by atoms with Crippen LogP contribution in [0.5, 0.6) is 0 Å². The highest BCUT2D eigenvalue weighted by atomic mass is 31.2. The van der Waals surface area contributed by atoms with E-state index in [2.05, 4.69) is 67.8 Å². The van der Waals surface area contributed by atoms with Crippen LogP contribution in [-0.4, -0.2) is 56.3 Å². The highest BCUT2D eigenvalue weighted by Gasteiger charge is 2.26. The van der Waals surface area contributed by atoms with Crippen molar-refractivity contribution in [1.29, 1.82) is 0 Å². The van der Waals surface area contributed by atoms with Crippen LogP contribution in [0.25, 0.3) is 0 Å². The predicted octanol–water partition coefficient (Wildman–Crippen LogP) is 10.6. The van der Waals surface area contributed by atoms with Gasteiger partial charge in [0.05, 0.1) is 13.2 Å². The van der Waals surface area contributed by atoms with Crippen molar-refractivity contribution in [3.8, 4) is 0 Å². The highest BCUT2D eigenvalue weighted by molar-refractivity contribution is 7.47. The molecule has 0 aromatic carbocycles. The minimum atomic E-state index is -4.35. The number of esters is 2. The van der Waals surface area contributed by atoms with E-state index >= 15 is 0 Å². The molecule has 9 nitrogen and oxygen atoms in total. The molecule has 2 unspecified atom stereocenters. The monoisotopic (exact) mass is 725 g/mol. The van der Waals surface area contributed by atoms with Crippen molar-refractivity contribution in [1.82, 2.24) is 5.32 Å². The summed E-state index contributed by atoms with van der Waals surface area (Å²) in [5.74, 6) is -0.837. The van der Waals surface area contributed by atoms with Crippen molar-refractivity contribution in [3.05, 3.63) is 48.6 Å². The van der Waals surface area contributed by atoms with Gasteiger partial charge in [-0.15, -0.1) is 0 Å². The van der Waals surface area contributed by atoms with Gasteiger partial charge in [-0.2, -0.15) is 0 Å². The Morgan fingerprint density at radius 3 is 1.70 bits per heavy atom. The zero-order chi connectivity index (χ0) is 36.8. The van der Waals surface area contributed by atoms with E-state index in [4.69, 9.17) is 18.5 Å². The Morgan fingerprint density at radius 1 is 0.640 bits per heavy atom. The van der Waals surface area contributed by atoms with Crippen molar-refractivity contribution in [3.63, 3.8) is 0 Å². The number of nitrogens with one attached hydrogen (secondary N) is 1. The third kappa shape index (κ3) is 35.8. The SMILES string of the molecule is CC/C=C\C/C=C\C/C=C\C/C=C\CCCCCCC(=O)OCC(COP(=O)(O)OCCNC)OC(=O)CCCCCCCCCCCCC. The molecular formula is C40H72NO8P. The second kappa shape index (κ2) is 36.8. The second-order valence-corrected chi connectivity index (χ2v) is 14.2. The fraction of sp³-hybridized carbons (Fsp3) is 0.750. The molecule has 0 aromatic rings. The van der Waals surface area contributed by atoms with Gasteiger partial charge in [0, 0.05) is 19.4 Å². The molecule has 290 valence electrons. The molecule has 0 aliphatic heterocycles. The molecule has 0 saturated heterocycles. The molecule has 0 aliphatic carbocycles. The molecule has 10 heteroatoms. The summed E-state index contributed by atoms with van der Waals surface area (Å²) in [7, 11) is -2.65. The first kappa shape index (κ1) is 48.0. The Labute approximate surface area is 305 Å². The standard InChI is InChI=1S/C40H72NO8P/c1-4-6-8-10-12-14-16-17-18-19-20-21-23-24-26-28-30-32-39(42)46-36-38(37-48-50(44,45)47-35-34-41-3)49-40(43)33-31-29-27-25-22-15-13-11-9-7-5-2/h6,8,12,14,17-18,20-21,38,41H,4-5,7,9-11,13,15-16,19,22-37H2,1-3H3,(H,44,45)/b8-6-,14-12-,18-17-,21-20-. The van der Waals surface area contributed by atoms with Crippen molar-refractivity contribution in [2.45, 2.75) is 161 Å². The van der Waals surface area contributed by atoms with Crippen molar-refractivity contribution < 1.29 is 37.6 Å². The number of ether oxygens (including phenoxy) is 2. The summed E-state index contributed by atoms with van der Waals surface area (Å²) in [6, 6.07) is 0. The lowest BCUT2D eigenvalue weighted by Gasteiger charge is -2.20. The molecule has 0 aromatic heterocycles. The zero-order valence-corrected chi connectivity index (χ0v) is 32.7. The van der Waals surface area contributed by atoms with Crippen LogP contribution >= 0.6 is 7.82 Å². The number of rotatable bonds is 36. The Balaban J connectivity index is 4.31. The van der Waals surface area contributed by atoms with Gasteiger partial charge in [-0.1, -0.05) is 140 Å². The number of carbonyl (C=O) groups excluding carboxylic acids is 2. The highest BCUT2D eigenvalue weighted by Crippen LogP contribution is 2.43. The molecule has 0 radical (unpaired) electrons. The molecule has 0 rings (SSSR count). The minimum Gasteiger partial charge on any atom is -0.462 e. The summed E-state index contributed by atoms with van der Waals surface area (Å²) in [4.78, 5) is 34.9. The maximum Gasteiger partial charge on any atom is 0.472 e.